The Balaban J connectivity index is 1.92. The monoisotopic (exact) mass is 320 g/mol. The number of aryl methyl sites for hydroxylation is 1. The molecule has 0 bridgehead atoms. The number of anilines is 1. The number of rotatable bonds is 2. The molecule has 0 aliphatic carbocycles. The second-order valence-corrected chi connectivity index (χ2v) is 7.10. The van der Waals surface area contributed by atoms with Crippen molar-refractivity contribution in [3.05, 3.63) is 36.1 Å². The molecule has 1 aromatic heterocycles. The fourth-order valence-electron chi connectivity index (χ4n) is 2.13. The van der Waals surface area contributed by atoms with E-state index in [9.17, 15) is 18.0 Å². The highest BCUT2D eigenvalue weighted by Crippen LogP contribution is 2.24. The van der Waals surface area contributed by atoms with E-state index < -0.39 is 33.2 Å². The molecule has 1 saturated heterocycles. The summed E-state index contributed by atoms with van der Waals surface area (Å²) in [6.45, 7) is 1.95. The molecule has 1 aliphatic heterocycles. The van der Waals surface area contributed by atoms with E-state index in [4.69, 9.17) is 4.42 Å². The molecule has 0 saturated carbocycles. The lowest BCUT2D eigenvalue weighted by atomic mass is 10.1. The summed E-state index contributed by atoms with van der Waals surface area (Å²) in [4.78, 5) is 28.5. The fraction of sp³-hybridized carbons (Fsp3) is 0.214. The number of carbonyl (C=O) groups is 2. The zero-order valence-corrected chi connectivity index (χ0v) is 12.5. The van der Waals surface area contributed by atoms with Crippen molar-refractivity contribution in [1.82, 2.24) is 4.98 Å². The zero-order chi connectivity index (χ0) is 15.9. The number of amides is 2. The van der Waals surface area contributed by atoms with E-state index in [2.05, 4.69) is 4.98 Å². The number of imide groups is 1. The number of benzene rings is 1. The third-order valence-electron chi connectivity index (χ3n) is 3.22. The Hall–Kier alpha value is -2.48. The zero-order valence-electron chi connectivity index (χ0n) is 11.6. The molecular weight excluding hydrogens is 308 g/mol. The second kappa shape index (κ2) is 5.06. The van der Waals surface area contributed by atoms with E-state index in [0.717, 1.165) is 11.1 Å². The Labute approximate surface area is 126 Å². The molecule has 0 spiro atoms. The Morgan fingerprint density at radius 2 is 1.68 bits per heavy atom. The third-order valence-corrected chi connectivity index (χ3v) is 4.59. The minimum atomic E-state index is -3.68. The van der Waals surface area contributed by atoms with Gasteiger partial charge in [-0.25, -0.2) is 8.42 Å². The van der Waals surface area contributed by atoms with Gasteiger partial charge in [-0.3, -0.25) is 9.59 Å². The molecule has 0 radical (unpaired) electrons. The molecule has 0 atom stereocenters. The van der Waals surface area contributed by atoms with Crippen LogP contribution in [0, 0.1) is 6.92 Å². The number of aromatic nitrogens is 1. The van der Waals surface area contributed by atoms with Crippen molar-refractivity contribution in [3.63, 3.8) is 0 Å². The largest absolute Gasteiger partial charge is 0.431 e. The smallest absolute Gasteiger partial charge is 0.311 e. The third kappa shape index (κ3) is 2.64. The molecular formula is C14H12N2O5S. The van der Waals surface area contributed by atoms with Crippen LogP contribution in [0.3, 0.4) is 0 Å². The van der Waals surface area contributed by atoms with E-state index in [0.29, 0.717) is 10.6 Å². The average Bonchev–Trinajstić information content (AvgIpc) is 2.86. The highest BCUT2D eigenvalue weighted by atomic mass is 32.2. The minimum Gasteiger partial charge on any atom is -0.431 e. The van der Waals surface area contributed by atoms with Crippen molar-refractivity contribution < 1.29 is 22.4 Å². The molecule has 7 nitrogen and oxygen atoms in total. The van der Waals surface area contributed by atoms with E-state index in [1.165, 1.54) is 6.26 Å². The van der Waals surface area contributed by atoms with Crippen molar-refractivity contribution in [2.75, 3.05) is 16.4 Å². The van der Waals surface area contributed by atoms with E-state index >= 15 is 0 Å². The number of nitrogens with zero attached hydrogens (tertiary/aromatic N) is 2. The summed E-state index contributed by atoms with van der Waals surface area (Å²) in [6.07, 6.45) is 1.32. The van der Waals surface area contributed by atoms with Crippen LogP contribution < -0.4 is 4.90 Å². The second-order valence-electron chi connectivity index (χ2n) is 5.04. The molecule has 0 N–H and O–H groups in total. The van der Waals surface area contributed by atoms with Gasteiger partial charge in [-0.05, 0) is 6.92 Å². The number of carbonyl (C=O) groups excluding carboxylic acids is 2. The van der Waals surface area contributed by atoms with Crippen LogP contribution in [0.2, 0.25) is 0 Å². The summed E-state index contributed by atoms with van der Waals surface area (Å²) in [7, 11) is -3.68. The van der Waals surface area contributed by atoms with Crippen LogP contribution in [0.5, 0.6) is 0 Å². The normalized spacial score (nSPS) is 17.8. The van der Waals surface area contributed by atoms with Gasteiger partial charge in [-0.15, -0.1) is 0 Å². The van der Waals surface area contributed by atoms with Crippen molar-refractivity contribution in [1.29, 1.82) is 0 Å². The van der Waals surface area contributed by atoms with Crippen LogP contribution in [0.1, 0.15) is 5.56 Å². The van der Waals surface area contributed by atoms with Gasteiger partial charge in [0.15, 0.2) is 9.84 Å². The average molecular weight is 320 g/mol. The first kappa shape index (κ1) is 14.5. The summed E-state index contributed by atoms with van der Waals surface area (Å²) < 4.78 is 28.0. The van der Waals surface area contributed by atoms with Gasteiger partial charge >= 0.3 is 6.01 Å². The minimum absolute atomic E-state index is 0.208. The summed E-state index contributed by atoms with van der Waals surface area (Å²) in [5.41, 5.74) is 2.31. The Morgan fingerprint density at radius 1 is 1.09 bits per heavy atom. The lowest BCUT2D eigenvalue weighted by Crippen LogP contribution is -2.49. The number of sulfone groups is 1. The first-order chi connectivity index (χ1) is 10.4. The van der Waals surface area contributed by atoms with E-state index in [1.54, 1.807) is 0 Å². The maximum absolute atomic E-state index is 11.8. The highest BCUT2D eigenvalue weighted by Gasteiger charge is 2.39. The molecule has 3 rings (SSSR count). The van der Waals surface area contributed by atoms with Crippen LogP contribution in [0.25, 0.3) is 11.3 Å². The van der Waals surface area contributed by atoms with Crippen LogP contribution in [-0.4, -0.2) is 36.7 Å². The molecule has 2 aromatic rings. The van der Waals surface area contributed by atoms with Crippen molar-refractivity contribution in [3.8, 4) is 11.3 Å². The van der Waals surface area contributed by atoms with Crippen LogP contribution in [0.15, 0.2) is 34.9 Å². The standard InChI is InChI=1S/C14H12N2O5S/c1-9-2-4-10(5-3-9)11-6-21-14(15-11)16-12(17)7-22(19,20)8-13(16)18/h2-6H,7-8H2,1H3. The molecule has 2 amide bonds. The molecule has 1 aromatic carbocycles. The van der Waals surface area contributed by atoms with Crippen molar-refractivity contribution in [2.24, 2.45) is 0 Å². The van der Waals surface area contributed by atoms with Gasteiger partial charge in [0, 0.05) is 5.56 Å². The topological polar surface area (TPSA) is 97.5 Å². The Kier molecular flexibility index (Phi) is 3.32. The van der Waals surface area contributed by atoms with Crippen molar-refractivity contribution >= 4 is 27.7 Å². The molecule has 2 heterocycles. The predicted octanol–water partition coefficient (Wildman–Crippen LogP) is 0.938. The summed E-state index contributed by atoms with van der Waals surface area (Å²) in [5, 5.41) is 0. The molecule has 0 unspecified atom stereocenters. The maximum atomic E-state index is 11.8. The van der Waals surface area contributed by atoms with Gasteiger partial charge in [-0.2, -0.15) is 9.88 Å². The van der Waals surface area contributed by atoms with Crippen molar-refractivity contribution in [2.45, 2.75) is 6.92 Å². The molecule has 1 aliphatic rings. The molecule has 22 heavy (non-hydrogen) atoms. The lowest BCUT2D eigenvalue weighted by molar-refractivity contribution is -0.124. The van der Waals surface area contributed by atoms with Gasteiger partial charge in [0.2, 0.25) is 0 Å². The van der Waals surface area contributed by atoms with Gasteiger partial charge in [0.05, 0.1) is 0 Å². The van der Waals surface area contributed by atoms with Crippen LogP contribution in [0.4, 0.5) is 6.01 Å². The molecule has 8 heteroatoms. The SMILES string of the molecule is Cc1ccc(-c2coc(N3C(=O)CS(=O)(=O)CC3=O)n2)cc1. The quantitative estimate of drug-likeness (QED) is 0.764. The lowest BCUT2D eigenvalue weighted by Gasteiger charge is -2.20. The van der Waals surface area contributed by atoms with Gasteiger partial charge in [0.1, 0.15) is 23.5 Å². The van der Waals surface area contributed by atoms with E-state index in [1.807, 2.05) is 31.2 Å². The number of hydrogen-bond donors (Lipinski definition) is 0. The van der Waals surface area contributed by atoms with Gasteiger partial charge < -0.3 is 4.42 Å². The number of hydrogen-bond acceptors (Lipinski definition) is 6. The first-order valence-corrected chi connectivity index (χ1v) is 8.27. The maximum Gasteiger partial charge on any atom is 0.311 e. The summed E-state index contributed by atoms with van der Waals surface area (Å²) in [6, 6.07) is 7.25. The van der Waals surface area contributed by atoms with E-state index in [-0.39, 0.29) is 6.01 Å². The van der Waals surface area contributed by atoms with Crippen LogP contribution >= 0.6 is 0 Å². The van der Waals surface area contributed by atoms with Crippen LogP contribution in [-0.2, 0) is 19.4 Å². The Bertz CT molecular complexity index is 828. The fourth-order valence-corrected chi connectivity index (χ4v) is 3.25. The van der Waals surface area contributed by atoms with Gasteiger partial charge in [0.25, 0.3) is 11.8 Å². The summed E-state index contributed by atoms with van der Waals surface area (Å²) >= 11 is 0. The molecule has 114 valence electrons. The first-order valence-electron chi connectivity index (χ1n) is 6.44. The molecule has 1 fully saturated rings. The highest BCUT2D eigenvalue weighted by molar-refractivity contribution is 7.93. The summed E-state index contributed by atoms with van der Waals surface area (Å²) in [5.74, 6) is -3.15. The Morgan fingerprint density at radius 3 is 2.27 bits per heavy atom. The number of oxazole rings is 1. The van der Waals surface area contributed by atoms with Gasteiger partial charge in [-0.1, -0.05) is 29.8 Å². The predicted molar refractivity (Wildman–Crippen MR) is 77.8 cm³/mol.